The second-order valence-electron chi connectivity index (χ2n) is 3.32. The quantitative estimate of drug-likeness (QED) is 0.466. The zero-order valence-corrected chi connectivity index (χ0v) is 11.5. The highest BCUT2D eigenvalue weighted by Crippen LogP contribution is 2.20. The third-order valence-corrected chi connectivity index (χ3v) is 5.49. The second-order valence-corrected chi connectivity index (χ2v) is 6.54. The summed E-state index contributed by atoms with van der Waals surface area (Å²) in [7, 11) is -2.01. The molecule has 15 heavy (non-hydrogen) atoms. The van der Waals surface area contributed by atoms with Crippen LogP contribution in [0.4, 0.5) is 0 Å². The molecule has 0 aromatic rings. The Bertz CT molecular complexity index is 178. The molecule has 0 radical (unpaired) electrons. The van der Waals surface area contributed by atoms with Crippen molar-refractivity contribution in [1.29, 1.82) is 0 Å². The molecule has 0 saturated carbocycles. The molecule has 0 aromatic heterocycles. The third kappa shape index (κ3) is 5.92. The van der Waals surface area contributed by atoms with Gasteiger partial charge in [0, 0.05) is 25.3 Å². The Labute approximate surface area is 95.2 Å². The third-order valence-electron chi connectivity index (χ3n) is 2.14. The fraction of sp³-hybridized carbons (Fsp3) is 0.667. The van der Waals surface area contributed by atoms with Gasteiger partial charge in [0.25, 0.3) is 0 Å². The van der Waals surface area contributed by atoms with Crippen LogP contribution in [0, 0.1) is 0 Å². The van der Waals surface area contributed by atoms with E-state index in [-0.39, 0.29) is 0 Å². The summed E-state index contributed by atoms with van der Waals surface area (Å²) in [5.74, 6) is 0. The topological polar surface area (TPSA) is 18.5 Å². The summed E-state index contributed by atoms with van der Waals surface area (Å²) < 4.78 is 11.8. The van der Waals surface area contributed by atoms with E-state index in [1.165, 1.54) is 0 Å². The van der Waals surface area contributed by atoms with Crippen LogP contribution in [0.15, 0.2) is 24.3 Å². The molecule has 3 heteroatoms. The summed E-state index contributed by atoms with van der Waals surface area (Å²) in [6.07, 6.45) is 8.44. The molecule has 0 aliphatic carbocycles. The van der Waals surface area contributed by atoms with Crippen LogP contribution in [0.5, 0.6) is 0 Å². The molecule has 0 N–H and O–H groups in total. The Hall–Kier alpha value is -0.383. The smallest absolute Gasteiger partial charge is 0.345 e. The molecule has 88 valence electrons. The van der Waals surface area contributed by atoms with Crippen LogP contribution in [0.1, 0.15) is 27.7 Å². The lowest BCUT2D eigenvalue weighted by molar-refractivity contribution is 0.188. The molecular formula is C12H24O2Si. The maximum Gasteiger partial charge on any atom is 0.345 e. The molecule has 0 fully saturated rings. The summed E-state index contributed by atoms with van der Waals surface area (Å²) in [5.41, 5.74) is 0. The zero-order valence-electron chi connectivity index (χ0n) is 10.5. The van der Waals surface area contributed by atoms with Gasteiger partial charge in [-0.15, -0.1) is 0 Å². The van der Waals surface area contributed by atoms with Crippen molar-refractivity contribution < 1.29 is 8.85 Å². The van der Waals surface area contributed by atoms with Crippen LogP contribution in [-0.2, 0) is 8.85 Å². The molecule has 0 rings (SSSR count). The van der Waals surface area contributed by atoms with Crippen molar-refractivity contribution in [2.45, 2.75) is 39.8 Å². The predicted molar refractivity (Wildman–Crippen MR) is 68.2 cm³/mol. The Morgan fingerprint density at radius 3 is 1.53 bits per heavy atom. The summed E-state index contributed by atoms with van der Waals surface area (Å²) in [6, 6.07) is 1.88. The largest absolute Gasteiger partial charge is 0.394 e. The normalized spacial score (nSPS) is 13.1. The Morgan fingerprint density at radius 2 is 1.27 bits per heavy atom. The molecule has 2 nitrogen and oxygen atoms in total. The Balaban J connectivity index is 4.53. The lowest BCUT2D eigenvalue weighted by Gasteiger charge is -2.28. The lowest BCUT2D eigenvalue weighted by atomic mass is 10.6. The molecule has 0 amide bonds. The van der Waals surface area contributed by atoms with Crippen LogP contribution >= 0.6 is 0 Å². The van der Waals surface area contributed by atoms with Gasteiger partial charge in [0.2, 0.25) is 0 Å². The van der Waals surface area contributed by atoms with Crippen LogP contribution < -0.4 is 0 Å². The minimum Gasteiger partial charge on any atom is -0.394 e. The number of hydrogen-bond acceptors (Lipinski definition) is 2. The van der Waals surface area contributed by atoms with E-state index in [4.69, 9.17) is 8.85 Å². The van der Waals surface area contributed by atoms with E-state index in [1.807, 2.05) is 27.7 Å². The monoisotopic (exact) mass is 228 g/mol. The Kier molecular flexibility index (Phi) is 8.66. The number of rotatable bonds is 8. The first kappa shape index (κ1) is 14.6. The summed E-state index contributed by atoms with van der Waals surface area (Å²) in [5, 5.41) is 0. The molecular weight excluding hydrogens is 204 g/mol. The average molecular weight is 228 g/mol. The molecule has 0 bridgehead atoms. The molecule has 0 heterocycles. The zero-order chi connectivity index (χ0) is 11.6. The first-order valence-corrected chi connectivity index (χ1v) is 7.98. The minimum atomic E-state index is -2.01. The molecule has 0 unspecified atom stereocenters. The highest BCUT2D eigenvalue weighted by atomic mass is 28.4. The Morgan fingerprint density at radius 1 is 0.867 bits per heavy atom. The van der Waals surface area contributed by atoms with Gasteiger partial charge >= 0.3 is 8.56 Å². The predicted octanol–water partition coefficient (Wildman–Crippen LogP) is 3.65. The first-order chi connectivity index (χ1) is 7.24. The van der Waals surface area contributed by atoms with Crippen molar-refractivity contribution in [1.82, 2.24) is 0 Å². The highest BCUT2D eigenvalue weighted by molar-refractivity contribution is 6.68. The van der Waals surface area contributed by atoms with Gasteiger partial charge in [-0.05, 0) is 27.7 Å². The number of hydrogen-bond donors (Lipinski definition) is 0. The van der Waals surface area contributed by atoms with Crippen molar-refractivity contribution in [2.75, 3.05) is 13.2 Å². The summed E-state index contributed by atoms with van der Waals surface area (Å²) >= 11 is 0. The average Bonchev–Trinajstić information content (AvgIpc) is 2.24. The molecule has 0 saturated heterocycles. The second kappa shape index (κ2) is 8.89. The highest BCUT2D eigenvalue weighted by Gasteiger charge is 2.34. The van der Waals surface area contributed by atoms with E-state index in [9.17, 15) is 0 Å². The van der Waals surface area contributed by atoms with Gasteiger partial charge in [-0.25, -0.2) is 0 Å². The van der Waals surface area contributed by atoms with Gasteiger partial charge in [0.1, 0.15) is 0 Å². The molecule has 0 aromatic carbocycles. The summed E-state index contributed by atoms with van der Waals surface area (Å²) in [4.78, 5) is 0. The van der Waals surface area contributed by atoms with Gasteiger partial charge in [0.15, 0.2) is 0 Å². The van der Waals surface area contributed by atoms with Crippen LogP contribution in [-0.4, -0.2) is 21.8 Å². The first-order valence-electron chi connectivity index (χ1n) is 5.74. The number of allylic oxidation sites excluding steroid dienone is 4. The van der Waals surface area contributed by atoms with Gasteiger partial charge in [-0.3, -0.25) is 0 Å². The maximum absolute atomic E-state index is 5.89. The van der Waals surface area contributed by atoms with Crippen LogP contribution in [0.25, 0.3) is 0 Å². The molecule has 0 aliphatic rings. The molecule has 0 spiro atoms. The van der Waals surface area contributed by atoms with E-state index in [2.05, 4.69) is 24.3 Å². The SMILES string of the molecule is C/C=C/C[Si](C/C=C/C)(OCC)OCC. The van der Waals surface area contributed by atoms with Gasteiger partial charge in [-0.2, -0.15) is 0 Å². The van der Waals surface area contributed by atoms with Gasteiger partial charge in [-0.1, -0.05) is 24.3 Å². The standard InChI is InChI=1S/C12H24O2Si/c1-5-9-11-15(13-7-3,14-8-4)12-10-6-2/h5-6,9-10H,7-8,11-12H2,1-4H3/b9-5+,10-6+. The van der Waals surface area contributed by atoms with Gasteiger partial charge in [0.05, 0.1) is 0 Å². The maximum atomic E-state index is 5.89. The van der Waals surface area contributed by atoms with Crippen molar-refractivity contribution in [3.63, 3.8) is 0 Å². The van der Waals surface area contributed by atoms with E-state index >= 15 is 0 Å². The van der Waals surface area contributed by atoms with Crippen molar-refractivity contribution in [2.24, 2.45) is 0 Å². The van der Waals surface area contributed by atoms with E-state index in [1.54, 1.807) is 0 Å². The fourth-order valence-electron chi connectivity index (χ4n) is 1.48. The van der Waals surface area contributed by atoms with E-state index in [0.29, 0.717) is 0 Å². The molecule has 0 aliphatic heterocycles. The fourth-order valence-corrected chi connectivity index (χ4v) is 4.44. The van der Waals surface area contributed by atoms with Crippen molar-refractivity contribution >= 4 is 8.56 Å². The van der Waals surface area contributed by atoms with E-state index < -0.39 is 8.56 Å². The van der Waals surface area contributed by atoms with Crippen LogP contribution in [0.2, 0.25) is 12.1 Å². The lowest BCUT2D eigenvalue weighted by Crippen LogP contribution is -2.41. The minimum absolute atomic E-state index is 0.737. The van der Waals surface area contributed by atoms with Crippen molar-refractivity contribution in [3.05, 3.63) is 24.3 Å². The van der Waals surface area contributed by atoms with E-state index in [0.717, 1.165) is 25.3 Å². The van der Waals surface area contributed by atoms with Crippen LogP contribution in [0.3, 0.4) is 0 Å². The summed E-state index contributed by atoms with van der Waals surface area (Å²) in [6.45, 7) is 9.61. The van der Waals surface area contributed by atoms with Crippen molar-refractivity contribution in [3.8, 4) is 0 Å². The van der Waals surface area contributed by atoms with Gasteiger partial charge < -0.3 is 8.85 Å². The molecule has 0 atom stereocenters.